The highest BCUT2D eigenvalue weighted by Crippen LogP contribution is 2.41. The number of nitrogens with one attached hydrogen (secondary N) is 2. The lowest BCUT2D eigenvalue weighted by Crippen LogP contribution is -2.42. The van der Waals surface area contributed by atoms with Gasteiger partial charge in [-0.3, -0.25) is 14.4 Å². The van der Waals surface area contributed by atoms with E-state index in [0.29, 0.717) is 11.1 Å². The van der Waals surface area contributed by atoms with Gasteiger partial charge >= 0.3 is 0 Å². The first-order chi connectivity index (χ1) is 13.1. The van der Waals surface area contributed by atoms with Crippen LogP contribution in [-0.4, -0.2) is 40.3 Å². The van der Waals surface area contributed by atoms with Crippen LogP contribution < -0.4 is 10.6 Å². The van der Waals surface area contributed by atoms with Crippen LogP contribution in [0.5, 0.6) is 5.75 Å². The summed E-state index contributed by atoms with van der Waals surface area (Å²) in [5.74, 6) is -1.02. The quantitative estimate of drug-likeness (QED) is 0.704. The fourth-order valence-corrected chi connectivity index (χ4v) is 3.37. The van der Waals surface area contributed by atoms with E-state index < -0.39 is 11.9 Å². The molecule has 1 fully saturated rings. The Labute approximate surface area is 156 Å². The number of nitrogens with zero attached hydrogens (tertiary/aromatic N) is 1. The zero-order chi connectivity index (χ0) is 19.0. The van der Waals surface area contributed by atoms with Gasteiger partial charge in [0.1, 0.15) is 11.8 Å². The van der Waals surface area contributed by atoms with E-state index >= 15 is 0 Å². The molecule has 4 rings (SSSR count). The fraction of sp³-hybridized carbons (Fsp3) is 0.250. The minimum Gasteiger partial charge on any atom is -0.506 e. The molecule has 0 aromatic heterocycles. The first-order valence-electron chi connectivity index (χ1n) is 8.83. The van der Waals surface area contributed by atoms with Crippen LogP contribution in [-0.2, 0) is 9.59 Å². The Morgan fingerprint density at radius 1 is 1.07 bits per heavy atom. The van der Waals surface area contributed by atoms with Crippen LogP contribution >= 0.6 is 0 Å². The third-order valence-electron chi connectivity index (χ3n) is 4.79. The maximum atomic E-state index is 12.8. The van der Waals surface area contributed by atoms with E-state index in [9.17, 15) is 19.5 Å². The largest absolute Gasteiger partial charge is 0.506 e. The van der Waals surface area contributed by atoms with Gasteiger partial charge in [-0.25, -0.2) is 0 Å². The number of para-hydroxylation sites is 2. The molecule has 7 heteroatoms. The van der Waals surface area contributed by atoms with Gasteiger partial charge in [0, 0.05) is 11.6 Å². The van der Waals surface area contributed by atoms with Gasteiger partial charge in [-0.15, -0.1) is 0 Å². The second-order valence-electron chi connectivity index (χ2n) is 6.72. The molecule has 0 spiro atoms. The van der Waals surface area contributed by atoms with Gasteiger partial charge in [0.25, 0.3) is 5.91 Å². The van der Waals surface area contributed by atoms with E-state index in [0.717, 1.165) is 12.8 Å². The van der Waals surface area contributed by atoms with Crippen molar-refractivity contribution in [2.24, 2.45) is 0 Å². The van der Waals surface area contributed by atoms with Crippen LogP contribution in [0.15, 0.2) is 48.5 Å². The maximum Gasteiger partial charge on any atom is 0.255 e. The lowest BCUT2D eigenvalue weighted by atomic mass is 10.0. The van der Waals surface area contributed by atoms with E-state index in [1.54, 1.807) is 47.4 Å². The summed E-state index contributed by atoms with van der Waals surface area (Å²) in [6.07, 6.45) is 1.77. The van der Waals surface area contributed by atoms with Crippen molar-refractivity contribution in [2.75, 3.05) is 11.9 Å². The van der Waals surface area contributed by atoms with Gasteiger partial charge in [-0.05, 0) is 36.6 Å². The molecule has 1 unspecified atom stereocenters. The number of amides is 3. The molecule has 0 saturated heterocycles. The second kappa shape index (κ2) is 6.75. The fourth-order valence-electron chi connectivity index (χ4n) is 3.37. The number of hydrogen-bond donors (Lipinski definition) is 3. The minimum atomic E-state index is -0.709. The normalized spacial score (nSPS) is 18.1. The molecule has 1 atom stereocenters. The van der Waals surface area contributed by atoms with Crippen molar-refractivity contribution in [1.29, 1.82) is 0 Å². The predicted molar refractivity (Wildman–Crippen MR) is 98.1 cm³/mol. The number of rotatable bonds is 5. The lowest BCUT2D eigenvalue weighted by molar-refractivity contribution is -0.127. The van der Waals surface area contributed by atoms with E-state index in [-0.39, 0.29) is 35.8 Å². The van der Waals surface area contributed by atoms with Gasteiger partial charge in [0.05, 0.1) is 12.2 Å². The summed E-state index contributed by atoms with van der Waals surface area (Å²) in [6, 6.07) is 12.8. The predicted octanol–water partition coefficient (Wildman–Crippen LogP) is 1.81. The van der Waals surface area contributed by atoms with Crippen molar-refractivity contribution in [1.82, 2.24) is 10.2 Å². The highest BCUT2D eigenvalue weighted by Gasteiger charge is 2.47. The molecule has 7 nitrogen and oxygen atoms in total. The van der Waals surface area contributed by atoms with Crippen molar-refractivity contribution >= 4 is 23.4 Å². The number of aromatic hydroxyl groups is 1. The number of carbonyl (C=O) groups is 3. The molecule has 3 N–H and O–H groups in total. The van der Waals surface area contributed by atoms with Crippen LogP contribution in [0.2, 0.25) is 0 Å². The molecule has 0 bridgehead atoms. The van der Waals surface area contributed by atoms with Gasteiger partial charge < -0.3 is 20.6 Å². The third kappa shape index (κ3) is 3.23. The van der Waals surface area contributed by atoms with E-state index in [4.69, 9.17) is 0 Å². The summed E-state index contributed by atoms with van der Waals surface area (Å²) in [5.41, 5.74) is 1.49. The highest BCUT2D eigenvalue weighted by molar-refractivity contribution is 6.05. The summed E-state index contributed by atoms with van der Waals surface area (Å²) >= 11 is 0. The summed E-state index contributed by atoms with van der Waals surface area (Å²) in [6.45, 7) is -0.251. The molecule has 1 heterocycles. The Morgan fingerprint density at radius 2 is 1.78 bits per heavy atom. The second-order valence-corrected chi connectivity index (χ2v) is 6.72. The molecule has 0 radical (unpaired) electrons. The Hall–Kier alpha value is -3.35. The number of phenols is 1. The van der Waals surface area contributed by atoms with Gasteiger partial charge in [-0.2, -0.15) is 0 Å². The van der Waals surface area contributed by atoms with Crippen molar-refractivity contribution < 1.29 is 19.5 Å². The smallest absolute Gasteiger partial charge is 0.255 e. The molecule has 3 amide bonds. The van der Waals surface area contributed by atoms with Crippen LogP contribution in [0.25, 0.3) is 0 Å². The molecule has 2 aliphatic rings. The van der Waals surface area contributed by atoms with Crippen LogP contribution in [0, 0.1) is 0 Å². The summed E-state index contributed by atoms with van der Waals surface area (Å²) in [7, 11) is 0. The van der Waals surface area contributed by atoms with E-state index in [2.05, 4.69) is 10.6 Å². The first-order valence-corrected chi connectivity index (χ1v) is 8.83. The molecule has 2 aromatic rings. The van der Waals surface area contributed by atoms with Crippen molar-refractivity contribution in [3.05, 3.63) is 59.7 Å². The molecule has 1 aliphatic heterocycles. The van der Waals surface area contributed by atoms with Crippen LogP contribution in [0.1, 0.15) is 34.8 Å². The van der Waals surface area contributed by atoms with Crippen molar-refractivity contribution in [2.45, 2.75) is 24.9 Å². The Bertz CT molecular complexity index is 923. The zero-order valence-electron chi connectivity index (χ0n) is 14.5. The van der Waals surface area contributed by atoms with Gasteiger partial charge in [0.15, 0.2) is 0 Å². The third-order valence-corrected chi connectivity index (χ3v) is 4.79. The monoisotopic (exact) mass is 365 g/mol. The maximum absolute atomic E-state index is 12.8. The average molecular weight is 365 g/mol. The SMILES string of the molecule is O=C(CNC(=O)C1c2ccccc2C(=O)N1C1CC1)Nc1ccccc1O. The first kappa shape index (κ1) is 17.1. The number of carbonyl (C=O) groups excluding carboxylic acids is 3. The molecule has 138 valence electrons. The molecule has 2 aromatic carbocycles. The van der Waals surface area contributed by atoms with E-state index in [1.807, 2.05) is 0 Å². The Morgan fingerprint density at radius 3 is 2.52 bits per heavy atom. The average Bonchev–Trinajstić information content (AvgIpc) is 3.46. The van der Waals surface area contributed by atoms with Crippen molar-refractivity contribution in [3.63, 3.8) is 0 Å². The number of fused-ring (bicyclic) bond motifs is 1. The lowest BCUT2D eigenvalue weighted by Gasteiger charge is -2.24. The van der Waals surface area contributed by atoms with Gasteiger partial charge in [-0.1, -0.05) is 30.3 Å². The van der Waals surface area contributed by atoms with Crippen molar-refractivity contribution in [3.8, 4) is 5.75 Å². The summed E-state index contributed by atoms with van der Waals surface area (Å²) < 4.78 is 0. The standard InChI is InChI=1S/C20H19N3O4/c24-16-8-4-3-7-15(16)22-17(25)11-21-19(26)18-13-5-1-2-6-14(13)20(27)23(18)12-9-10-12/h1-8,12,18,24H,9-11H2,(H,21,26)(H,22,25). The van der Waals surface area contributed by atoms with E-state index in [1.165, 1.54) is 6.07 Å². The molecular weight excluding hydrogens is 346 g/mol. The van der Waals surface area contributed by atoms with Crippen LogP contribution in [0.4, 0.5) is 5.69 Å². The number of benzene rings is 2. The topological polar surface area (TPSA) is 98.7 Å². The summed E-state index contributed by atoms with van der Waals surface area (Å²) in [5, 5.41) is 14.9. The number of phenolic OH excluding ortho intramolecular Hbond substituents is 1. The Balaban J connectivity index is 1.45. The Kier molecular flexibility index (Phi) is 4.27. The highest BCUT2D eigenvalue weighted by atomic mass is 16.3. The number of hydrogen-bond acceptors (Lipinski definition) is 4. The van der Waals surface area contributed by atoms with Crippen LogP contribution in [0.3, 0.4) is 0 Å². The minimum absolute atomic E-state index is 0.0487. The number of anilines is 1. The summed E-state index contributed by atoms with van der Waals surface area (Å²) in [4.78, 5) is 39.2. The molecular formula is C20H19N3O4. The molecule has 27 heavy (non-hydrogen) atoms. The van der Waals surface area contributed by atoms with Gasteiger partial charge in [0.2, 0.25) is 11.8 Å². The molecule has 1 aliphatic carbocycles. The molecule has 1 saturated carbocycles. The zero-order valence-corrected chi connectivity index (χ0v) is 14.5.